The molecule has 1 fully saturated rings. The number of amides is 4. The van der Waals surface area contributed by atoms with E-state index in [0.717, 1.165) is 21.6 Å². The van der Waals surface area contributed by atoms with E-state index >= 15 is 0 Å². The van der Waals surface area contributed by atoms with Crippen LogP contribution in [0.25, 0.3) is 22.4 Å². The van der Waals surface area contributed by atoms with Gasteiger partial charge in [-0.3, -0.25) is 29.4 Å². The molecule has 18 heteroatoms. The number of hydrogen-bond donors (Lipinski definition) is 4. The van der Waals surface area contributed by atoms with Crippen molar-refractivity contribution in [3.8, 4) is 22.4 Å². The number of sulfonamides is 1. The Balaban J connectivity index is 0.763. The lowest BCUT2D eigenvalue weighted by atomic mass is 10.0. The highest BCUT2D eigenvalue weighted by Gasteiger charge is 2.45. The van der Waals surface area contributed by atoms with Gasteiger partial charge in [0.15, 0.2) is 0 Å². The van der Waals surface area contributed by atoms with Gasteiger partial charge in [0.05, 0.1) is 72.6 Å². The maximum atomic E-state index is 13.2. The smallest absolute Gasteiger partial charge is 0.264 e. The van der Waals surface area contributed by atoms with Crippen molar-refractivity contribution in [3.05, 3.63) is 119 Å². The Morgan fingerprint density at radius 1 is 0.754 bits per heavy atom. The monoisotopic (exact) mass is 867 g/mol. The molecule has 0 saturated carbocycles. The van der Waals surface area contributed by atoms with Crippen LogP contribution in [-0.4, -0.2) is 106 Å². The Hall–Kier alpha value is -6.08. The number of carbonyl (C=O) groups excluding carboxylic acids is 4. The Bertz CT molecular complexity index is 2510. The number of ether oxygens (including phenoxy) is 3. The number of hydrogen-bond acceptors (Lipinski definition) is 13. The van der Waals surface area contributed by atoms with Crippen LogP contribution in [0.5, 0.6) is 0 Å². The zero-order chi connectivity index (χ0) is 42.8. The lowest BCUT2D eigenvalue weighted by Gasteiger charge is -2.27. The molecule has 316 valence electrons. The summed E-state index contributed by atoms with van der Waals surface area (Å²) in [5.74, 6) is -1.96. The molecule has 4 amide bonds. The second-order valence-electron chi connectivity index (χ2n) is 13.8. The molecule has 0 aliphatic carbocycles. The van der Waals surface area contributed by atoms with E-state index in [1.807, 2.05) is 54.6 Å². The molecule has 7 rings (SSSR count). The zero-order valence-corrected chi connectivity index (χ0v) is 34.3. The number of nitrogens with one attached hydrogen (secondary N) is 4. The maximum absolute atomic E-state index is 13.2. The molecule has 5 aromatic rings. The molecule has 1 aromatic heterocycles. The quantitative estimate of drug-likeness (QED) is 0.0598. The van der Waals surface area contributed by atoms with Gasteiger partial charge in [-0.15, -0.1) is 0 Å². The van der Waals surface area contributed by atoms with Crippen molar-refractivity contribution < 1.29 is 41.8 Å². The van der Waals surface area contributed by atoms with E-state index in [-0.39, 0.29) is 61.8 Å². The predicted molar refractivity (Wildman–Crippen MR) is 227 cm³/mol. The van der Waals surface area contributed by atoms with Crippen LogP contribution in [0, 0.1) is 0 Å². The molecule has 4 N–H and O–H groups in total. The Kier molecular flexibility index (Phi) is 14.1. The number of benzene rings is 4. The Labute approximate surface area is 357 Å². The first-order chi connectivity index (χ1) is 29.6. The predicted octanol–water partition coefficient (Wildman–Crippen LogP) is 5.05. The number of rotatable bonds is 20. The van der Waals surface area contributed by atoms with Crippen molar-refractivity contribution >= 4 is 62.6 Å². The van der Waals surface area contributed by atoms with Gasteiger partial charge in [-0.1, -0.05) is 66.2 Å². The fourth-order valence-corrected chi connectivity index (χ4v) is 7.96. The number of aromatic nitrogens is 2. The number of piperidine rings is 1. The van der Waals surface area contributed by atoms with Gasteiger partial charge in [0.2, 0.25) is 27.8 Å². The molecule has 4 aromatic carbocycles. The number of halogens is 1. The largest absolute Gasteiger partial charge is 0.382 e. The molecule has 16 nitrogen and oxygen atoms in total. The summed E-state index contributed by atoms with van der Waals surface area (Å²) in [4.78, 5) is 60.0. The van der Waals surface area contributed by atoms with Gasteiger partial charge in [0.1, 0.15) is 6.04 Å². The van der Waals surface area contributed by atoms with Crippen LogP contribution < -0.4 is 20.7 Å². The molecule has 0 bridgehead atoms. The molecule has 3 heterocycles. The van der Waals surface area contributed by atoms with E-state index in [1.165, 1.54) is 24.4 Å². The second kappa shape index (κ2) is 20.0. The highest BCUT2D eigenvalue weighted by atomic mass is 35.5. The molecule has 1 atom stereocenters. The van der Waals surface area contributed by atoms with E-state index in [1.54, 1.807) is 24.3 Å². The molecule has 1 saturated heterocycles. The summed E-state index contributed by atoms with van der Waals surface area (Å²) in [7, 11) is -3.79. The average Bonchev–Trinajstić information content (AvgIpc) is 3.52. The van der Waals surface area contributed by atoms with Crippen molar-refractivity contribution in [1.82, 2.24) is 24.9 Å². The number of imide groups is 2. The molecule has 0 spiro atoms. The summed E-state index contributed by atoms with van der Waals surface area (Å²) < 4.78 is 44.9. The van der Waals surface area contributed by atoms with Crippen molar-refractivity contribution in [2.24, 2.45) is 0 Å². The number of carbonyl (C=O) groups is 4. The highest BCUT2D eigenvalue weighted by Crippen LogP contribution is 2.33. The van der Waals surface area contributed by atoms with Gasteiger partial charge in [0.25, 0.3) is 11.8 Å². The van der Waals surface area contributed by atoms with Crippen molar-refractivity contribution in [2.75, 3.05) is 63.4 Å². The summed E-state index contributed by atoms with van der Waals surface area (Å²) in [6, 6.07) is 27.9. The average molecular weight is 868 g/mol. The molecular weight excluding hydrogens is 826 g/mol. The van der Waals surface area contributed by atoms with Crippen LogP contribution >= 0.6 is 11.6 Å². The highest BCUT2D eigenvalue weighted by molar-refractivity contribution is 7.89. The normalized spacial score (nSPS) is 15.2. The topological polar surface area (TPSA) is 207 Å². The van der Waals surface area contributed by atoms with E-state index in [2.05, 4.69) is 30.6 Å². The summed E-state index contributed by atoms with van der Waals surface area (Å²) >= 11 is 6.49. The molecule has 61 heavy (non-hydrogen) atoms. The molecular formula is C43H42ClN7O9S. The summed E-state index contributed by atoms with van der Waals surface area (Å²) in [5, 5.41) is 8.81. The van der Waals surface area contributed by atoms with Gasteiger partial charge in [-0.25, -0.2) is 23.1 Å². The zero-order valence-electron chi connectivity index (χ0n) is 32.8. The second-order valence-corrected chi connectivity index (χ2v) is 16.0. The first-order valence-electron chi connectivity index (χ1n) is 19.5. The van der Waals surface area contributed by atoms with Crippen molar-refractivity contribution in [1.29, 1.82) is 0 Å². The third kappa shape index (κ3) is 10.6. The molecule has 2 aliphatic rings. The van der Waals surface area contributed by atoms with Crippen molar-refractivity contribution in [2.45, 2.75) is 23.8 Å². The first-order valence-corrected chi connectivity index (χ1v) is 21.3. The third-order valence-corrected chi connectivity index (χ3v) is 11.5. The van der Waals surface area contributed by atoms with Crippen molar-refractivity contribution in [3.63, 3.8) is 0 Å². The van der Waals surface area contributed by atoms with Crippen LogP contribution in [0.1, 0.15) is 33.6 Å². The third-order valence-electron chi connectivity index (χ3n) is 9.72. The van der Waals surface area contributed by atoms with Crippen LogP contribution in [0.4, 0.5) is 17.3 Å². The van der Waals surface area contributed by atoms with E-state index < -0.39 is 39.7 Å². The fourth-order valence-electron chi connectivity index (χ4n) is 6.75. The lowest BCUT2D eigenvalue weighted by Crippen LogP contribution is -2.54. The van der Waals surface area contributed by atoms with E-state index in [9.17, 15) is 27.6 Å². The number of nitrogens with zero attached hydrogens (tertiary/aromatic N) is 3. The summed E-state index contributed by atoms with van der Waals surface area (Å²) in [6.07, 6.45) is 1.65. The van der Waals surface area contributed by atoms with Gasteiger partial charge in [0, 0.05) is 36.4 Å². The minimum absolute atomic E-state index is 0.0444. The maximum Gasteiger partial charge on any atom is 0.264 e. The number of fused-ring (bicyclic) bond motifs is 1. The first kappa shape index (κ1) is 43.0. The summed E-state index contributed by atoms with van der Waals surface area (Å²) in [5.41, 5.74) is 4.87. The Morgan fingerprint density at radius 2 is 1.43 bits per heavy atom. The van der Waals surface area contributed by atoms with Crippen LogP contribution in [0.15, 0.2) is 108 Å². The van der Waals surface area contributed by atoms with Gasteiger partial charge >= 0.3 is 0 Å². The minimum atomic E-state index is -3.79. The lowest BCUT2D eigenvalue weighted by molar-refractivity contribution is -0.136. The van der Waals surface area contributed by atoms with Gasteiger partial charge < -0.3 is 24.8 Å². The standard InChI is InChI=1S/C43H42ClN7O9S/c44-34-27-46-43(50-39(34)30-9-4-8-29(26-30)28-6-2-1-3-7-28)48-31-12-14-32(15-13-31)61(56,57)47-19-21-59-23-25-60-24-22-58-20-18-45-35-11-5-10-33-38(35)42(55)51(41(33)54)36-16-17-37(52)49-40(36)53/h1-15,26-27,36,45,47H,16-25H2,(H,46,48,50)(H,49,52,53). The molecule has 1 unspecified atom stereocenters. The van der Waals surface area contributed by atoms with Crippen LogP contribution in [0.2, 0.25) is 5.02 Å². The Morgan fingerprint density at radius 3 is 2.16 bits per heavy atom. The van der Waals surface area contributed by atoms with Crippen LogP contribution in [0.3, 0.4) is 0 Å². The molecule has 0 radical (unpaired) electrons. The summed E-state index contributed by atoms with van der Waals surface area (Å²) in [6.45, 7) is 1.93. The number of anilines is 3. The van der Waals surface area contributed by atoms with Gasteiger partial charge in [-0.2, -0.15) is 0 Å². The van der Waals surface area contributed by atoms with Crippen LogP contribution in [-0.2, 0) is 33.8 Å². The fraction of sp³-hybridized carbons (Fsp3) is 0.256. The van der Waals surface area contributed by atoms with Gasteiger partial charge in [-0.05, 0) is 60.0 Å². The van der Waals surface area contributed by atoms with E-state index in [0.29, 0.717) is 47.8 Å². The molecule has 2 aliphatic heterocycles. The minimum Gasteiger partial charge on any atom is -0.382 e. The SMILES string of the molecule is O=C1CCC(N2C(=O)c3cccc(NCCOCCOCCOCCNS(=O)(=O)c4ccc(Nc5ncc(Cl)c(-c6cccc(-c7ccccc7)c6)n5)cc4)c3C2=O)C(=O)N1. The van der Waals surface area contributed by atoms with E-state index in [4.69, 9.17) is 25.8 Å².